The number of benzene rings is 2. The zero-order valence-corrected chi connectivity index (χ0v) is 11.0. The minimum atomic E-state index is -0.395. The molecular weight excluding hydrogens is 267 g/mol. The van der Waals surface area contributed by atoms with Crippen LogP contribution in [0.4, 0.5) is 10.1 Å². The predicted molar refractivity (Wildman–Crippen MR) is 78.0 cm³/mol. The van der Waals surface area contributed by atoms with Crippen LogP contribution in [0.15, 0.2) is 48.7 Å². The number of aromatic nitrogens is 2. The number of fused-ring (bicyclic) bond motifs is 1. The van der Waals surface area contributed by atoms with Crippen LogP contribution in [0.25, 0.3) is 10.9 Å². The van der Waals surface area contributed by atoms with Crippen LogP contribution in [0, 0.1) is 17.1 Å². The maximum absolute atomic E-state index is 13.8. The van der Waals surface area contributed by atoms with Gasteiger partial charge in [-0.3, -0.25) is 0 Å². The molecule has 4 nitrogen and oxygen atoms in total. The van der Waals surface area contributed by atoms with E-state index in [1.807, 2.05) is 30.3 Å². The molecule has 0 atom stereocenters. The molecule has 0 radical (unpaired) electrons. The third-order valence-electron chi connectivity index (χ3n) is 3.20. The van der Waals surface area contributed by atoms with Gasteiger partial charge in [0, 0.05) is 17.5 Å². The molecule has 2 aromatic carbocycles. The second kappa shape index (κ2) is 5.55. The Labute approximate surface area is 120 Å². The molecule has 0 bridgehead atoms. The lowest BCUT2D eigenvalue weighted by molar-refractivity contribution is 0.612. The van der Waals surface area contributed by atoms with E-state index >= 15 is 0 Å². The summed E-state index contributed by atoms with van der Waals surface area (Å²) in [5.41, 5.74) is 2.38. The SMILES string of the molecule is N#Cc1ccc(CNc2cnnc3ccccc23)c(F)c1. The first-order valence-corrected chi connectivity index (χ1v) is 6.41. The second-order valence-corrected chi connectivity index (χ2v) is 4.55. The third-order valence-corrected chi connectivity index (χ3v) is 3.20. The smallest absolute Gasteiger partial charge is 0.129 e. The first-order chi connectivity index (χ1) is 10.3. The van der Waals surface area contributed by atoms with Crippen molar-refractivity contribution in [2.45, 2.75) is 6.54 Å². The van der Waals surface area contributed by atoms with Gasteiger partial charge in [-0.15, -0.1) is 0 Å². The van der Waals surface area contributed by atoms with E-state index in [4.69, 9.17) is 5.26 Å². The molecule has 0 unspecified atom stereocenters. The van der Waals surface area contributed by atoms with Crippen LogP contribution in [-0.2, 0) is 6.54 Å². The van der Waals surface area contributed by atoms with Crippen LogP contribution in [-0.4, -0.2) is 10.2 Å². The lowest BCUT2D eigenvalue weighted by Gasteiger charge is -2.09. The summed E-state index contributed by atoms with van der Waals surface area (Å²) < 4.78 is 13.8. The molecule has 0 fully saturated rings. The maximum Gasteiger partial charge on any atom is 0.129 e. The molecule has 3 rings (SSSR count). The number of nitrogens with zero attached hydrogens (tertiary/aromatic N) is 3. The standard InChI is InChI=1S/C16H11FN4/c17-14-7-11(8-18)5-6-12(14)9-19-16-10-20-21-15-4-2-1-3-13(15)16/h1-7,10H,9H2,(H,19,21). The van der Waals surface area contributed by atoms with Gasteiger partial charge >= 0.3 is 0 Å². The highest BCUT2D eigenvalue weighted by atomic mass is 19.1. The van der Waals surface area contributed by atoms with Crippen molar-refractivity contribution in [1.29, 1.82) is 5.26 Å². The fraction of sp³-hybridized carbons (Fsp3) is 0.0625. The highest BCUT2D eigenvalue weighted by Gasteiger charge is 2.06. The van der Waals surface area contributed by atoms with Gasteiger partial charge in [0.1, 0.15) is 5.82 Å². The van der Waals surface area contributed by atoms with Crippen molar-refractivity contribution in [3.63, 3.8) is 0 Å². The molecule has 1 aromatic heterocycles. The van der Waals surface area contributed by atoms with Crippen molar-refractivity contribution < 1.29 is 4.39 Å². The van der Waals surface area contributed by atoms with E-state index in [-0.39, 0.29) is 0 Å². The number of anilines is 1. The predicted octanol–water partition coefficient (Wildman–Crippen LogP) is 3.25. The summed E-state index contributed by atoms with van der Waals surface area (Å²) in [4.78, 5) is 0. The fourth-order valence-corrected chi connectivity index (χ4v) is 2.10. The second-order valence-electron chi connectivity index (χ2n) is 4.55. The zero-order chi connectivity index (χ0) is 14.7. The van der Waals surface area contributed by atoms with Crippen molar-refractivity contribution >= 4 is 16.6 Å². The number of hydrogen-bond donors (Lipinski definition) is 1. The van der Waals surface area contributed by atoms with Gasteiger partial charge in [0.05, 0.1) is 29.0 Å². The first kappa shape index (κ1) is 13.0. The van der Waals surface area contributed by atoms with Gasteiger partial charge in [-0.1, -0.05) is 24.3 Å². The van der Waals surface area contributed by atoms with Crippen molar-refractivity contribution in [2.24, 2.45) is 0 Å². The molecule has 3 aromatic rings. The number of nitrogens with one attached hydrogen (secondary N) is 1. The first-order valence-electron chi connectivity index (χ1n) is 6.41. The Hall–Kier alpha value is -3.00. The van der Waals surface area contributed by atoms with E-state index in [0.29, 0.717) is 17.7 Å². The van der Waals surface area contributed by atoms with Crippen molar-refractivity contribution in [3.05, 3.63) is 65.6 Å². The van der Waals surface area contributed by atoms with Crippen molar-refractivity contribution in [3.8, 4) is 6.07 Å². The van der Waals surface area contributed by atoms with Gasteiger partial charge < -0.3 is 5.32 Å². The van der Waals surface area contributed by atoms with E-state index in [2.05, 4.69) is 15.5 Å². The number of halogens is 1. The molecule has 0 aliphatic heterocycles. The van der Waals surface area contributed by atoms with Crippen LogP contribution >= 0.6 is 0 Å². The molecule has 0 amide bonds. The lowest BCUT2D eigenvalue weighted by Crippen LogP contribution is -2.03. The summed E-state index contributed by atoms with van der Waals surface area (Å²) in [6.45, 7) is 0.313. The zero-order valence-electron chi connectivity index (χ0n) is 11.0. The van der Waals surface area contributed by atoms with Gasteiger partial charge in [-0.05, 0) is 18.2 Å². The summed E-state index contributed by atoms with van der Waals surface area (Å²) in [7, 11) is 0. The van der Waals surface area contributed by atoms with Gasteiger partial charge in [0.2, 0.25) is 0 Å². The van der Waals surface area contributed by atoms with Crippen LogP contribution in [0.1, 0.15) is 11.1 Å². The van der Waals surface area contributed by atoms with Crippen LogP contribution in [0.2, 0.25) is 0 Å². The highest BCUT2D eigenvalue weighted by Crippen LogP contribution is 2.21. The van der Waals surface area contributed by atoms with Gasteiger partial charge in [0.25, 0.3) is 0 Å². The Morgan fingerprint density at radius 2 is 2.05 bits per heavy atom. The Morgan fingerprint density at radius 3 is 2.86 bits per heavy atom. The normalized spacial score (nSPS) is 10.3. The molecule has 0 saturated heterocycles. The largest absolute Gasteiger partial charge is 0.379 e. The van der Waals surface area contributed by atoms with E-state index < -0.39 is 5.82 Å². The van der Waals surface area contributed by atoms with Crippen molar-refractivity contribution in [1.82, 2.24) is 10.2 Å². The van der Waals surface area contributed by atoms with Gasteiger partial charge in [-0.25, -0.2) is 4.39 Å². The Bertz CT molecular complexity index is 834. The average molecular weight is 278 g/mol. The molecule has 1 N–H and O–H groups in total. The number of nitriles is 1. The number of rotatable bonds is 3. The van der Waals surface area contributed by atoms with Gasteiger partial charge in [-0.2, -0.15) is 15.5 Å². The topological polar surface area (TPSA) is 61.6 Å². The Morgan fingerprint density at radius 1 is 1.19 bits per heavy atom. The minimum Gasteiger partial charge on any atom is -0.379 e. The third kappa shape index (κ3) is 2.65. The quantitative estimate of drug-likeness (QED) is 0.798. The number of hydrogen-bond acceptors (Lipinski definition) is 4. The van der Waals surface area contributed by atoms with E-state index in [0.717, 1.165) is 16.6 Å². The van der Waals surface area contributed by atoms with Crippen LogP contribution in [0.3, 0.4) is 0 Å². The molecule has 102 valence electrons. The summed E-state index contributed by atoms with van der Waals surface area (Å²) in [5, 5.41) is 20.8. The molecule has 0 spiro atoms. The summed E-state index contributed by atoms with van der Waals surface area (Å²) >= 11 is 0. The molecule has 21 heavy (non-hydrogen) atoms. The summed E-state index contributed by atoms with van der Waals surface area (Å²) in [6.07, 6.45) is 1.61. The highest BCUT2D eigenvalue weighted by molar-refractivity contribution is 5.90. The van der Waals surface area contributed by atoms with Gasteiger partial charge in [0.15, 0.2) is 0 Å². The minimum absolute atomic E-state index is 0.312. The van der Waals surface area contributed by atoms with E-state index in [1.54, 1.807) is 18.3 Å². The van der Waals surface area contributed by atoms with E-state index in [1.165, 1.54) is 6.07 Å². The Kier molecular flexibility index (Phi) is 3.44. The Balaban J connectivity index is 1.86. The molecule has 0 aliphatic carbocycles. The summed E-state index contributed by atoms with van der Waals surface area (Å²) in [6, 6.07) is 14.0. The molecule has 1 heterocycles. The van der Waals surface area contributed by atoms with E-state index in [9.17, 15) is 4.39 Å². The van der Waals surface area contributed by atoms with Crippen molar-refractivity contribution in [2.75, 3.05) is 5.32 Å². The van der Waals surface area contributed by atoms with Crippen LogP contribution in [0.5, 0.6) is 0 Å². The molecular formula is C16H11FN4. The lowest BCUT2D eigenvalue weighted by atomic mass is 10.1. The molecule has 0 aliphatic rings. The average Bonchev–Trinajstić information content (AvgIpc) is 2.53. The maximum atomic E-state index is 13.8. The summed E-state index contributed by atoms with van der Waals surface area (Å²) in [5.74, 6) is -0.395. The van der Waals surface area contributed by atoms with Crippen LogP contribution < -0.4 is 5.32 Å². The fourth-order valence-electron chi connectivity index (χ4n) is 2.10. The molecule has 0 saturated carbocycles. The molecule has 5 heteroatoms. The monoisotopic (exact) mass is 278 g/mol.